The first kappa shape index (κ1) is 11.8. The average molecular weight is 248 g/mol. The summed E-state index contributed by atoms with van der Waals surface area (Å²) in [4.78, 5) is 0. The summed E-state index contributed by atoms with van der Waals surface area (Å²) < 4.78 is 26.8. The maximum atomic E-state index is 13.8. The molecule has 0 spiro atoms. The van der Waals surface area contributed by atoms with Gasteiger partial charge >= 0.3 is 0 Å². The van der Waals surface area contributed by atoms with Crippen LogP contribution in [0.1, 0.15) is 18.4 Å². The molecule has 0 radical (unpaired) electrons. The molecule has 2 rings (SSSR count). The number of aliphatic hydroxyl groups excluding tert-OH is 1. The van der Waals surface area contributed by atoms with Crippen LogP contribution in [-0.4, -0.2) is 17.8 Å². The van der Waals surface area contributed by atoms with Crippen molar-refractivity contribution in [1.29, 1.82) is 0 Å². The van der Waals surface area contributed by atoms with Gasteiger partial charge < -0.3 is 10.8 Å². The number of benzene rings is 1. The molecule has 1 saturated carbocycles. The Labute approximate surface area is 97.0 Å². The van der Waals surface area contributed by atoms with Crippen LogP contribution in [0.4, 0.5) is 8.78 Å². The molecule has 1 fully saturated rings. The number of nitrogens with two attached hydrogens (primary N) is 1. The van der Waals surface area contributed by atoms with Crippen LogP contribution in [0, 0.1) is 11.6 Å². The van der Waals surface area contributed by atoms with Crippen molar-refractivity contribution in [3.05, 3.63) is 34.4 Å². The molecule has 0 bridgehead atoms. The summed E-state index contributed by atoms with van der Waals surface area (Å²) in [5, 5.41) is 8.80. The molecule has 0 amide bonds. The number of rotatable bonds is 2. The quantitative estimate of drug-likeness (QED) is 0.785. The molecule has 0 heterocycles. The number of hydrogen-bond acceptors (Lipinski definition) is 2. The minimum absolute atomic E-state index is 0.211. The van der Waals surface area contributed by atoms with Crippen LogP contribution >= 0.6 is 11.6 Å². The fourth-order valence-corrected chi connectivity index (χ4v) is 2.44. The van der Waals surface area contributed by atoms with Gasteiger partial charge in [-0.05, 0) is 24.5 Å². The predicted molar refractivity (Wildman–Crippen MR) is 57.3 cm³/mol. The van der Waals surface area contributed by atoms with Crippen LogP contribution in [-0.2, 0) is 5.41 Å². The Bertz CT molecular complexity index is 419. The largest absolute Gasteiger partial charge is 0.393 e. The molecule has 1 aromatic rings. The van der Waals surface area contributed by atoms with Crippen molar-refractivity contribution >= 4 is 11.6 Å². The normalized spacial score (nSPS) is 28.9. The van der Waals surface area contributed by atoms with Crippen LogP contribution in [0.5, 0.6) is 0 Å². The van der Waals surface area contributed by atoms with Crippen molar-refractivity contribution in [1.82, 2.24) is 0 Å². The van der Waals surface area contributed by atoms with E-state index in [-0.39, 0.29) is 6.54 Å². The first-order valence-electron chi connectivity index (χ1n) is 5.02. The first-order valence-corrected chi connectivity index (χ1v) is 5.40. The molecule has 0 saturated heterocycles. The third-order valence-corrected chi connectivity index (χ3v) is 3.60. The van der Waals surface area contributed by atoms with E-state index in [4.69, 9.17) is 17.3 Å². The summed E-state index contributed by atoms with van der Waals surface area (Å²) in [6.07, 6.45) is 0.317. The topological polar surface area (TPSA) is 46.2 Å². The molecular formula is C11H12ClF2NO. The first-order chi connectivity index (χ1) is 7.50. The Kier molecular flexibility index (Phi) is 2.90. The lowest BCUT2D eigenvalue weighted by molar-refractivity contribution is 0.0205. The van der Waals surface area contributed by atoms with Gasteiger partial charge in [-0.2, -0.15) is 0 Å². The molecule has 88 valence electrons. The maximum Gasteiger partial charge on any atom is 0.148 e. The molecule has 0 aromatic heterocycles. The van der Waals surface area contributed by atoms with E-state index in [2.05, 4.69) is 0 Å². The van der Waals surface area contributed by atoms with Gasteiger partial charge in [-0.3, -0.25) is 0 Å². The lowest BCUT2D eigenvalue weighted by Crippen LogP contribution is -2.50. The molecule has 0 unspecified atom stereocenters. The van der Waals surface area contributed by atoms with Gasteiger partial charge in [0.1, 0.15) is 16.7 Å². The summed E-state index contributed by atoms with van der Waals surface area (Å²) in [7, 11) is 0. The molecule has 3 N–H and O–H groups in total. The van der Waals surface area contributed by atoms with Gasteiger partial charge in [-0.25, -0.2) is 8.78 Å². The van der Waals surface area contributed by atoms with Crippen molar-refractivity contribution in [2.75, 3.05) is 6.54 Å². The van der Waals surface area contributed by atoms with Crippen molar-refractivity contribution in [3.8, 4) is 0 Å². The second-order valence-corrected chi connectivity index (χ2v) is 4.65. The molecule has 16 heavy (non-hydrogen) atoms. The molecule has 1 aliphatic rings. The zero-order chi connectivity index (χ0) is 11.9. The van der Waals surface area contributed by atoms with E-state index in [0.717, 1.165) is 6.07 Å². The van der Waals surface area contributed by atoms with Gasteiger partial charge in [0.15, 0.2) is 0 Å². The van der Waals surface area contributed by atoms with Crippen LogP contribution in [0.15, 0.2) is 12.1 Å². The monoisotopic (exact) mass is 247 g/mol. The van der Waals surface area contributed by atoms with Crippen LogP contribution in [0.3, 0.4) is 0 Å². The Hall–Kier alpha value is -0.710. The van der Waals surface area contributed by atoms with E-state index in [1.807, 2.05) is 0 Å². The molecule has 0 atom stereocenters. The summed E-state index contributed by atoms with van der Waals surface area (Å²) in [6.45, 7) is 0.211. The fraction of sp³-hybridized carbons (Fsp3) is 0.455. The highest BCUT2D eigenvalue weighted by molar-refractivity contribution is 6.31. The smallest absolute Gasteiger partial charge is 0.148 e. The molecular weight excluding hydrogens is 236 g/mol. The Morgan fingerprint density at radius 2 is 2.06 bits per heavy atom. The standard InChI is InChI=1S/C11H12ClF2NO/c12-9-8(13)2-1-7(10(9)14)11(5-15)3-6(16)4-11/h1-2,6,16H,3-5,15H2. The number of hydrogen-bond donors (Lipinski definition) is 2. The van der Waals surface area contributed by atoms with E-state index in [1.165, 1.54) is 6.07 Å². The predicted octanol–water partition coefficient (Wildman–Crippen LogP) is 1.97. The van der Waals surface area contributed by atoms with E-state index < -0.39 is 28.2 Å². The van der Waals surface area contributed by atoms with Gasteiger partial charge in [0.05, 0.1) is 6.10 Å². The highest BCUT2D eigenvalue weighted by Gasteiger charge is 2.45. The number of halogens is 3. The maximum absolute atomic E-state index is 13.8. The summed E-state index contributed by atoms with van der Waals surface area (Å²) in [6, 6.07) is 2.48. The minimum Gasteiger partial charge on any atom is -0.393 e. The van der Waals surface area contributed by atoms with Crippen molar-refractivity contribution in [2.45, 2.75) is 24.4 Å². The Morgan fingerprint density at radius 1 is 1.44 bits per heavy atom. The van der Waals surface area contributed by atoms with E-state index in [0.29, 0.717) is 18.4 Å². The molecule has 0 aliphatic heterocycles. The second-order valence-electron chi connectivity index (χ2n) is 4.27. The van der Waals surface area contributed by atoms with Crippen molar-refractivity contribution in [2.24, 2.45) is 5.73 Å². The zero-order valence-electron chi connectivity index (χ0n) is 8.51. The van der Waals surface area contributed by atoms with E-state index in [1.54, 1.807) is 0 Å². The minimum atomic E-state index is -0.782. The Morgan fingerprint density at radius 3 is 2.56 bits per heavy atom. The molecule has 2 nitrogen and oxygen atoms in total. The SMILES string of the molecule is NCC1(c2ccc(F)c(Cl)c2F)CC(O)C1. The van der Waals surface area contributed by atoms with E-state index >= 15 is 0 Å². The summed E-state index contributed by atoms with van der Waals surface area (Å²) >= 11 is 5.51. The highest BCUT2D eigenvalue weighted by Crippen LogP contribution is 2.45. The van der Waals surface area contributed by atoms with Crippen molar-refractivity contribution in [3.63, 3.8) is 0 Å². The lowest BCUT2D eigenvalue weighted by atomic mass is 9.62. The second kappa shape index (κ2) is 3.95. The fourth-order valence-electron chi connectivity index (χ4n) is 2.27. The number of aliphatic hydroxyl groups is 1. The van der Waals surface area contributed by atoms with Gasteiger partial charge in [-0.1, -0.05) is 17.7 Å². The van der Waals surface area contributed by atoms with Gasteiger partial charge in [0.25, 0.3) is 0 Å². The van der Waals surface area contributed by atoms with Crippen LogP contribution in [0.25, 0.3) is 0 Å². The van der Waals surface area contributed by atoms with Gasteiger partial charge in [0.2, 0.25) is 0 Å². The third-order valence-electron chi connectivity index (χ3n) is 3.25. The van der Waals surface area contributed by atoms with Crippen molar-refractivity contribution < 1.29 is 13.9 Å². The Balaban J connectivity index is 2.44. The summed E-state index contributed by atoms with van der Waals surface area (Å²) in [5.41, 5.74) is 5.31. The van der Waals surface area contributed by atoms with Gasteiger partial charge in [-0.15, -0.1) is 0 Å². The average Bonchev–Trinajstić information content (AvgIpc) is 2.22. The molecule has 1 aromatic carbocycles. The van der Waals surface area contributed by atoms with Crippen LogP contribution in [0.2, 0.25) is 5.02 Å². The highest BCUT2D eigenvalue weighted by atomic mass is 35.5. The summed E-state index contributed by atoms with van der Waals surface area (Å²) in [5.74, 6) is -1.55. The lowest BCUT2D eigenvalue weighted by Gasteiger charge is -2.45. The molecule has 5 heteroatoms. The zero-order valence-corrected chi connectivity index (χ0v) is 9.27. The van der Waals surface area contributed by atoms with E-state index in [9.17, 15) is 13.9 Å². The van der Waals surface area contributed by atoms with Gasteiger partial charge in [0, 0.05) is 12.0 Å². The molecule has 1 aliphatic carbocycles. The third kappa shape index (κ3) is 1.61. The van der Waals surface area contributed by atoms with Crippen LogP contribution < -0.4 is 5.73 Å².